The lowest BCUT2D eigenvalue weighted by Gasteiger charge is -2.12. The Kier molecular flexibility index (Phi) is 4.26. The van der Waals surface area contributed by atoms with Crippen LogP contribution >= 0.6 is 0 Å². The molecule has 2 heterocycles. The number of benzene rings is 1. The Morgan fingerprint density at radius 1 is 1.05 bits per heavy atom. The molecule has 2 fully saturated rings. The van der Waals surface area contributed by atoms with E-state index in [1.165, 1.54) is 19.2 Å². The van der Waals surface area contributed by atoms with Crippen molar-refractivity contribution in [1.29, 1.82) is 0 Å². The van der Waals surface area contributed by atoms with Gasteiger partial charge in [-0.2, -0.15) is 0 Å². The van der Waals surface area contributed by atoms with Gasteiger partial charge in [-0.25, -0.2) is 9.59 Å². The number of hydrogen-bond donors (Lipinski definition) is 0. The number of carbonyl (C=O) groups is 2. The summed E-state index contributed by atoms with van der Waals surface area (Å²) in [6, 6.07) is 4.66. The Morgan fingerprint density at radius 3 is 1.86 bits per heavy atom. The third-order valence-electron chi connectivity index (χ3n) is 3.26. The van der Waals surface area contributed by atoms with Crippen molar-refractivity contribution >= 4 is 11.9 Å². The van der Waals surface area contributed by atoms with Crippen molar-refractivity contribution in [2.24, 2.45) is 0 Å². The van der Waals surface area contributed by atoms with E-state index in [0.717, 1.165) is 0 Å². The minimum Gasteiger partial charge on any atom is -0.495 e. The van der Waals surface area contributed by atoms with Gasteiger partial charge in [0, 0.05) is 0 Å². The van der Waals surface area contributed by atoms with Gasteiger partial charge in [-0.05, 0) is 12.1 Å². The normalized spacial score (nSPS) is 21.9. The van der Waals surface area contributed by atoms with Gasteiger partial charge in [-0.15, -0.1) is 0 Å². The lowest BCUT2D eigenvalue weighted by molar-refractivity contribution is 0.0467. The molecule has 3 rings (SSSR count). The molecule has 7 nitrogen and oxygen atoms in total. The van der Waals surface area contributed by atoms with Gasteiger partial charge in [0.15, 0.2) is 0 Å². The van der Waals surface area contributed by atoms with Gasteiger partial charge in [0.25, 0.3) is 0 Å². The first-order chi connectivity index (χ1) is 10.7. The molecule has 0 amide bonds. The van der Waals surface area contributed by atoms with Gasteiger partial charge in [-0.3, -0.25) is 0 Å². The van der Waals surface area contributed by atoms with E-state index < -0.39 is 11.9 Å². The Bertz CT molecular complexity index is 529. The second-order valence-electron chi connectivity index (χ2n) is 4.99. The Morgan fingerprint density at radius 2 is 1.50 bits per heavy atom. The Balaban J connectivity index is 1.72. The highest BCUT2D eigenvalue weighted by molar-refractivity contribution is 6.00. The molecule has 1 aromatic carbocycles. The molecule has 2 saturated heterocycles. The van der Waals surface area contributed by atoms with Crippen LogP contribution in [0.15, 0.2) is 18.2 Å². The lowest BCUT2D eigenvalue weighted by atomic mass is 10.1. The summed E-state index contributed by atoms with van der Waals surface area (Å²) in [4.78, 5) is 24.2. The standard InChI is InChI=1S/C15H16O7/c1-18-13-11(14(16)21-7-9-5-19-9)3-2-4-12(13)15(17)22-8-10-6-20-10/h2-4,9-10H,5-8H2,1H3. The van der Waals surface area contributed by atoms with E-state index in [-0.39, 0.29) is 42.3 Å². The number of methoxy groups -OCH3 is 1. The molecule has 2 atom stereocenters. The van der Waals surface area contributed by atoms with Crippen LogP contribution < -0.4 is 4.74 Å². The van der Waals surface area contributed by atoms with Crippen LogP contribution in [0, 0.1) is 0 Å². The summed E-state index contributed by atoms with van der Waals surface area (Å²) < 4.78 is 25.4. The van der Waals surface area contributed by atoms with E-state index in [1.807, 2.05) is 0 Å². The summed E-state index contributed by atoms with van der Waals surface area (Å²) in [6.45, 7) is 1.57. The first kappa shape index (κ1) is 14.8. The Hall–Kier alpha value is -2.12. The predicted molar refractivity (Wildman–Crippen MR) is 73.0 cm³/mol. The molecule has 22 heavy (non-hydrogen) atoms. The topological polar surface area (TPSA) is 86.9 Å². The molecule has 2 aliphatic heterocycles. The van der Waals surface area contributed by atoms with Crippen molar-refractivity contribution in [1.82, 2.24) is 0 Å². The highest BCUT2D eigenvalue weighted by Crippen LogP contribution is 2.26. The molecule has 0 radical (unpaired) electrons. The van der Waals surface area contributed by atoms with Crippen LogP contribution in [-0.2, 0) is 18.9 Å². The summed E-state index contributed by atoms with van der Waals surface area (Å²) in [5, 5.41) is 0. The zero-order chi connectivity index (χ0) is 15.5. The number of esters is 2. The van der Waals surface area contributed by atoms with Crippen LogP contribution in [0.2, 0.25) is 0 Å². The first-order valence-electron chi connectivity index (χ1n) is 6.93. The average Bonchev–Trinajstić information content (AvgIpc) is 3.43. The lowest BCUT2D eigenvalue weighted by Crippen LogP contribution is -2.15. The fraction of sp³-hybridized carbons (Fsp3) is 0.467. The largest absolute Gasteiger partial charge is 0.495 e. The molecule has 0 saturated carbocycles. The van der Waals surface area contributed by atoms with Crippen molar-refractivity contribution in [3.63, 3.8) is 0 Å². The maximum atomic E-state index is 12.1. The number of hydrogen-bond acceptors (Lipinski definition) is 7. The zero-order valence-electron chi connectivity index (χ0n) is 12.1. The summed E-state index contributed by atoms with van der Waals surface area (Å²) in [6.07, 6.45) is -0.0525. The monoisotopic (exact) mass is 308 g/mol. The second kappa shape index (κ2) is 6.33. The third kappa shape index (κ3) is 3.55. The second-order valence-corrected chi connectivity index (χ2v) is 4.99. The average molecular weight is 308 g/mol. The van der Waals surface area contributed by atoms with E-state index in [9.17, 15) is 9.59 Å². The van der Waals surface area contributed by atoms with E-state index in [2.05, 4.69) is 0 Å². The number of epoxide rings is 2. The maximum absolute atomic E-state index is 12.1. The molecule has 2 aliphatic rings. The van der Waals surface area contributed by atoms with Crippen LogP contribution in [0.1, 0.15) is 20.7 Å². The fourth-order valence-electron chi connectivity index (χ4n) is 1.90. The molecule has 0 aromatic heterocycles. The first-order valence-corrected chi connectivity index (χ1v) is 6.93. The number of rotatable bonds is 7. The molecule has 118 valence electrons. The van der Waals surface area contributed by atoms with Gasteiger partial charge in [0.2, 0.25) is 0 Å². The molecule has 1 aromatic rings. The summed E-state index contributed by atoms with van der Waals surface area (Å²) in [5.41, 5.74) is 0.362. The molecule has 7 heteroatoms. The van der Waals surface area contributed by atoms with Crippen molar-refractivity contribution in [3.8, 4) is 5.75 Å². The maximum Gasteiger partial charge on any atom is 0.342 e. The smallest absolute Gasteiger partial charge is 0.342 e. The highest BCUT2D eigenvalue weighted by atomic mass is 16.6. The summed E-state index contributed by atoms with van der Waals surface area (Å²) in [5.74, 6) is -0.981. The van der Waals surface area contributed by atoms with Crippen molar-refractivity contribution < 1.29 is 33.3 Å². The van der Waals surface area contributed by atoms with Gasteiger partial charge in [0.1, 0.15) is 42.3 Å². The molecule has 0 aliphatic carbocycles. The molecular formula is C15H16O7. The number of ether oxygens (including phenoxy) is 5. The minimum atomic E-state index is -0.562. The zero-order valence-corrected chi connectivity index (χ0v) is 12.1. The van der Waals surface area contributed by atoms with Crippen LogP contribution in [-0.4, -0.2) is 57.7 Å². The van der Waals surface area contributed by atoms with Crippen LogP contribution in [0.3, 0.4) is 0 Å². The SMILES string of the molecule is COc1c(C(=O)OCC2CO2)cccc1C(=O)OCC1CO1. The quantitative estimate of drug-likeness (QED) is 0.544. The van der Waals surface area contributed by atoms with E-state index in [1.54, 1.807) is 6.07 Å². The van der Waals surface area contributed by atoms with Gasteiger partial charge < -0.3 is 23.7 Å². The van der Waals surface area contributed by atoms with Crippen LogP contribution in [0.5, 0.6) is 5.75 Å². The van der Waals surface area contributed by atoms with Crippen molar-refractivity contribution in [2.75, 3.05) is 33.5 Å². The van der Waals surface area contributed by atoms with Crippen molar-refractivity contribution in [2.45, 2.75) is 12.2 Å². The van der Waals surface area contributed by atoms with Crippen LogP contribution in [0.25, 0.3) is 0 Å². The van der Waals surface area contributed by atoms with Crippen LogP contribution in [0.4, 0.5) is 0 Å². The summed E-state index contributed by atoms with van der Waals surface area (Å²) >= 11 is 0. The molecule has 0 N–H and O–H groups in total. The van der Waals surface area contributed by atoms with Gasteiger partial charge in [0.05, 0.1) is 20.3 Å². The fourth-order valence-corrected chi connectivity index (χ4v) is 1.90. The van der Waals surface area contributed by atoms with Gasteiger partial charge >= 0.3 is 11.9 Å². The molecule has 2 unspecified atom stereocenters. The van der Waals surface area contributed by atoms with E-state index in [0.29, 0.717) is 13.2 Å². The van der Waals surface area contributed by atoms with Crippen molar-refractivity contribution in [3.05, 3.63) is 29.3 Å². The summed E-state index contributed by atoms with van der Waals surface area (Å²) in [7, 11) is 1.39. The number of carbonyl (C=O) groups excluding carboxylic acids is 2. The van der Waals surface area contributed by atoms with E-state index in [4.69, 9.17) is 23.7 Å². The minimum absolute atomic E-state index is 0.0263. The molecule has 0 bridgehead atoms. The number of para-hydroxylation sites is 1. The van der Waals surface area contributed by atoms with Gasteiger partial charge in [-0.1, -0.05) is 6.07 Å². The molecule has 0 spiro atoms. The predicted octanol–water partition coefficient (Wildman–Crippen LogP) is 0.806. The van der Waals surface area contributed by atoms with E-state index >= 15 is 0 Å². The highest BCUT2D eigenvalue weighted by Gasteiger charge is 2.28. The molecular weight excluding hydrogens is 292 g/mol. The Labute approximate surface area is 127 Å². The third-order valence-corrected chi connectivity index (χ3v) is 3.26.